The maximum Gasteiger partial charge on any atom is 0.253 e. The van der Waals surface area contributed by atoms with E-state index in [0.717, 1.165) is 11.4 Å². The smallest absolute Gasteiger partial charge is 0.253 e. The SMILES string of the molecule is O=C(CCl)NN(c1ccccc1)c1ccccc1. The van der Waals surface area contributed by atoms with E-state index in [1.165, 1.54) is 0 Å². The molecule has 0 aliphatic rings. The van der Waals surface area contributed by atoms with Crippen LogP contribution in [0.4, 0.5) is 11.4 Å². The Bertz CT molecular complexity index is 462. The van der Waals surface area contributed by atoms with E-state index < -0.39 is 0 Å². The fourth-order valence-corrected chi connectivity index (χ4v) is 1.65. The molecule has 0 heterocycles. The maximum atomic E-state index is 11.5. The van der Waals surface area contributed by atoms with Crippen molar-refractivity contribution >= 4 is 28.9 Å². The molecule has 0 bridgehead atoms. The molecule has 0 atom stereocenters. The third-order valence-corrected chi connectivity index (χ3v) is 2.63. The Kier molecular flexibility index (Phi) is 4.20. The molecule has 4 heteroatoms. The number of para-hydroxylation sites is 2. The van der Waals surface area contributed by atoms with Gasteiger partial charge in [-0.1, -0.05) is 36.4 Å². The number of halogens is 1. The average Bonchev–Trinajstić information content (AvgIpc) is 2.46. The van der Waals surface area contributed by atoms with Crippen LogP contribution in [0.2, 0.25) is 0 Å². The van der Waals surface area contributed by atoms with Crippen molar-refractivity contribution in [3.63, 3.8) is 0 Å². The summed E-state index contributed by atoms with van der Waals surface area (Å²) in [6, 6.07) is 19.2. The highest BCUT2D eigenvalue weighted by Gasteiger charge is 2.11. The first-order chi connectivity index (χ1) is 8.81. The van der Waals surface area contributed by atoms with E-state index in [2.05, 4.69) is 5.43 Å². The second-order valence-corrected chi connectivity index (χ2v) is 3.94. The van der Waals surface area contributed by atoms with Gasteiger partial charge in [-0.2, -0.15) is 0 Å². The highest BCUT2D eigenvalue weighted by atomic mass is 35.5. The van der Waals surface area contributed by atoms with Gasteiger partial charge in [0.05, 0.1) is 11.4 Å². The van der Waals surface area contributed by atoms with Crippen LogP contribution in [0.1, 0.15) is 0 Å². The highest BCUT2D eigenvalue weighted by molar-refractivity contribution is 6.27. The Morgan fingerprint density at radius 3 is 1.78 bits per heavy atom. The minimum Gasteiger partial charge on any atom is -0.272 e. The zero-order chi connectivity index (χ0) is 12.8. The molecular weight excluding hydrogens is 248 g/mol. The standard InChI is InChI=1S/C14H13ClN2O/c15-11-14(18)16-17(12-7-3-1-4-8-12)13-9-5-2-6-10-13/h1-10H,11H2,(H,16,18). The first-order valence-corrected chi connectivity index (χ1v) is 6.10. The molecule has 0 aromatic heterocycles. The zero-order valence-electron chi connectivity index (χ0n) is 9.71. The quantitative estimate of drug-likeness (QED) is 0.677. The van der Waals surface area contributed by atoms with Crippen molar-refractivity contribution in [1.29, 1.82) is 0 Å². The van der Waals surface area contributed by atoms with Crippen LogP contribution >= 0.6 is 11.6 Å². The molecule has 2 aromatic carbocycles. The molecule has 92 valence electrons. The van der Waals surface area contributed by atoms with Gasteiger partial charge in [0.1, 0.15) is 5.88 Å². The molecule has 3 nitrogen and oxygen atoms in total. The van der Waals surface area contributed by atoms with Gasteiger partial charge in [-0.15, -0.1) is 11.6 Å². The summed E-state index contributed by atoms with van der Waals surface area (Å²) in [6.45, 7) is 0. The first-order valence-electron chi connectivity index (χ1n) is 5.57. The molecule has 0 fully saturated rings. The largest absolute Gasteiger partial charge is 0.272 e. The number of hydrazine groups is 1. The molecule has 0 saturated heterocycles. The van der Waals surface area contributed by atoms with Crippen LogP contribution in [0, 0.1) is 0 Å². The second-order valence-electron chi connectivity index (χ2n) is 3.68. The predicted molar refractivity (Wildman–Crippen MR) is 73.9 cm³/mol. The monoisotopic (exact) mass is 260 g/mol. The third-order valence-electron chi connectivity index (χ3n) is 2.39. The van der Waals surface area contributed by atoms with Crippen molar-refractivity contribution in [3.05, 3.63) is 60.7 Å². The Morgan fingerprint density at radius 1 is 0.944 bits per heavy atom. The van der Waals surface area contributed by atoms with Crippen LogP contribution < -0.4 is 10.4 Å². The molecule has 0 aliphatic carbocycles. The lowest BCUT2D eigenvalue weighted by atomic mass is 10.2. The van der Waals surface area contributed by atoms with Gasteiger partial charge in [0.15, 0.2) is 0 Å². The van der Waals surface area contributed by atoms with Crippen molar-refractivity contribution in [2.24, 2.45) is 0 Å². The lowest BCUT2D eigenvalue weighted by molar-refractivity contribution is -0.118. The Morgan fingerprint density at radius 2 is 1.39 bits per heavy atom. The van der Waals surface area contributed by atoms with Crippen LogP contribution in [0.3, 0.4) is 0 Å². The van der Waals surface area contributed by atoms with Crippen LogP contribution in [-0.2, 0) is 4.79 Å². The number of carbonyl (C=O) groups is 1. The molecule has 1 amide bonds. The van der Waals surface area contributed by atoms with Gasteiger partial charge < -0.3 is 0 Å². The van der Waals surface area contributed by atoms with Crippen LogP contribution in [-0.4, -0.2) is 11.8 Å². The fraction of sp³-hybridized carbons (Fsp3) is 0.0714. The number of amides is 1. The summed E-state index contributed by atoms with van der Waals surface area (Å²) in [5.74, 6) is -0.319. The van der Waals surface area contributed by atoms with Crippen LogP contribution in [0.15, 0.2) is 60.7 Å². The number of anilines is 2. The lowest BCUT2D eigenvalue weighted by Gasteiger charge is -2.25. The Balaban J connectivity index is 2.32. The number of hydrogen-bond acceptors (Lipinski definition) is 2. The summed E-state index contributed by atoms with van der Waals surface area (Å²) in [5, 5.41) is 1.71. The predicted octanol–water partition coefficient (Wildman–Crippen LogP) is 3.09. The topological polar surface area (TPSA) is 32.3 Å². The molecule has 1 N–H and O–H groups in total. The molecule has 0 unspecified atom stereocenters. The van der Waals surface area contributed by atoms with Crippen molar-refractivity contribution in [3.8, 4) is 0 Å². The summed E-state index contributed by atoms with van der Waals surface area (Å²) < 4.78 is 0. The zero-order valence-corrected chi connectivity index (χ0v) is 10.5. The van der Waals surface area contributed by atoms with Gasteiger partial charge in [0, 0.05) is 0 Å². The summed E-state index contributed by atoms with van der Waals surface area (Å²) >= 11 is 5.53. The molecule has 0 aliphatic heterocycles. The van der Waals surface area contributed by atoms with Gasteiger partial charge in [-0.3, -0.25) is 15.2 Å². The second kappa shape index (κ2) is 6.07. The summed E-state index contributed by atoms with van der Waals surface area (Å²) in [4.78, 5) is 11.5. The van der Waals surface area contributed by atoms with E-state index in [1.807, 2.05) is 60.7 Å². The highest BCUT2D eigenvalue weighted by Crippen LogP contribution is 2.22. The lowest BCUT2D eigenvalue weighted by Crippen LogP contribution is -2.39. The third kappa shape index (κ3) is 3.02. The molecule has 0 radical (unpaired) electrons. The number of rotatable bonds is 4. The van der Waals surface area contributed by atoms with E-state index in [1.54, 1.807) is 5.01 Å². The molecular formula is C14H13ClN2O. The summed E-state index contributed by atoms with van der Waals surface area (Å²) in [5.41, 5.74) is 4.52. The van der Waals surface area contributed by atoms with Gasteiger partial charge >= 0.3 is 0 Å². The van der Waals surface area contributed by atoms with Gasteiger partial charge in [-0.25, -0.2) is 0 Å². The van der Waals surface area contributed by atoms with E-state index in [-0.39, 0.29) is 11.8 Å². The van der Waals surface area contributed by atoms with E-state index >= 15 is 0 Å². The van der Waals surface area contributed by atoms with E-state index in [0.29, 0.717) is 0 Å². The molecule has 0 spiro atoms. The van der Waals surface area contributed by atoms with Crippen molar-refractivity contribution in [2.45, 2.75) is 0 Å². The average molecular weight is 261 g/mol. The summed E-state index contributed by atoms with van der Waals surface area (Å²) in [7, 11) is 0. The number of carbonyl (C=O) groups excluding carboxylic acids is 1. The van der Waals surface area contributed by atoms with E-state index in [4.69, 9.17) is 11.6 Å². The van der Waals surface area contributed by atoms with Crippen molar-refractivity contribution < 1.29 is 4.79 Å². The van der Waals surface area contributed by atoms with Crippen LogP contribution in [0.25, 0.3) is 0 Å². The Labute approximate surface area is 111 Å². The maximum absolute atomic E-state index is 11.5. The van der Waals surface area contributed by atoms with Crippen molar-refractivity contribution in [1.82, 2.24) is 5.43 Å². The minimum atomic E-state index is -0.246. The van der Waals surface area contributed by atoms with Gasteiger partial charge in [0.2, 0.25) is 0 Å². The Hall–Kier alpha value is -2.00. The van der Waals surface area contributed by atoms with Gasteiger partial charge in [-0.05, 0) is 24.3 Å². The molecule has 2 aromatic rings. The normalized spacial score (nSPS) is 9.83. The van der Waals surface area contributed by atoms with Gasteiger partial charge in [0.25, 0.3) is 5.91 Å². The first kappa shape index (κ1) is 12.5. The number of hydrogen-bond donors (Lipinski definition) is 1. The van der Waals surface area contributed by atoms with E-state index in [9.17, 15) is 4.79 Å². The molecule has 18 heavy (non-hydrogen) atoms. The van der Waals surface area contributed by atoms with Crippen molar-refractivity contribution in [2.75, 3.05) is 10.9 Å². The number of nitrogens with one attached hydrogen (secondary N) is 1. The minimum absolute atomic E-state index is 0.0732. The summed E-state index contributed by atoms with van der Waals surface area (Å²) in [6.07, 6.45) is 0. The molecule has 2 rings (SSSR count). The fourth-order valence-electron chi connectivity index (χ4n) is 1.59. The molecule has 0 saturated carbocycles. The van der Waals surface area contributed by atoms with Crippen LogP contribution in [0.5, 0.6) is 0 Å². The number of alkyl halides is 1. The number of benzene rings is 2. The number of nitrogens with zero attached hydrogens (tertiary/aromatic N) is 1.